The van der Waals surface area contributed by atoms with Gasteiger partial charge in [-0.25, -0.2) is 9.78 Å². The zero-order chi connectivity index (χ0) is 18.9. The molecule has 6 nitrogen and oxygen atoms in total. The number of amides is 1. The summed E-state index contributed by atoms with van der Waals surface area (Å²) in [5, 5.41) is 3.07. The van der Waals surface area contributed by atoms with Crippen LogP contribution < -0.4 is 5.59 Å². The van der Waals surface area contributed by atoms with Gasteiger partial charge in [0.2, 0.25) is 0 Å². The van der Waals surface area contributed by atoms with Crippen molar-refractivity contribution >= 4 is 30.1 Å². The highest BCUT2D eigenvalue weighted by Gasteiger charge is 2.36. The van der Waals surface area contributed by atoms with E-state index in [-0.39, 0.29) is 24.5 Å². The Morgan fingerprint density at radius 3 is 2.73 bits per heavy atom. The van der Waals surface area contributed by atoms with Gasteiger partial charge in [-0.1, -0.05) is 13.8 Å². The molecule has 2 fully saturated rings. The fourth-order valence-electron chi connectivity index (χ4n) is 3.13. The van der Waals surface area contributed by atoms with E-state index >= 15 is 0 Å². The third-order valence-electron chi connectivity index (χ3n) is 4.45. The number of carbonyl (C=O) groups excluding carboxylic acids is 1. The summed E-state index contributed by atoms with van der Waals surface area (Å²) in [5.41, 5.74) is 0.420. The van der Waals surface area contributed by atoms with Gasteiger partial charge in [-0.15, -0.1) is 11.3 Å². The molecule has 0 spiro atoms. The van der Waals surface area contributed by atoms with E-state index in [0.29, 0.717) is 19.8 Å². The average molecular weight is 380 g/mol. The minimum Gasteiger partial charge on any atom is -0.444 e. The van der Waals surface area contributed by atoms with Crippen LogP contribution in [0, 0.1) is 5.41 Å². The van der Waals surface area contributed by atoms with Crippen LogP contribution in [0.4, 0.5) is 4.79 Å². The van der Waals surface area contributed by atoms with Gasteiger partial charge >= 0.3 is 13.2 Å². The molecule has 3 rings (SSSR count). The first-order valence-electron chi connectivity index (χ1n) is 9.29. The van der Waals surface area contributed by atoms with Crippen LogP contribution in [-0.2, 0) is 14.0 Å². The maximum absolute atomic E-state index is 12.4. The van der Waals surface area contributed by atoms with Crippen molar-refractivity contribution in [3.63, 3.8) is 0 Å². The zero-order valence-electron chi connectivity index (χ0n) is 16.4. The molecule has 1 unspecified atom stereocenters. The number of likely N-dealkylation sites (tertiary alicyclic amines) is 1. The van der Waals surface area contributed by atoms with Crippen LogP contribution in [0.2, 0.25) is 0 Å². The maximum atomic E-state index is 12.4. The van der Waals surface area contributed by atoms with E-state index in [0.717, 1.165) is 30.0 Å². The largest absolute Gasteiger partial charge is 0.514 e. The number of thiazole rings is 1. The summed E-state index contributed by atoms with van der Waals surface area (Å²) < 4.78 is 17.2. The Morgan fingerprint density at radius 1 is 1.38 bits per heavy atom. The average Bonchev–Trinajstić information content (AvgIpc) is 3.03. The number of hydrogen-bond donors (Lipinski definition) is 0. The predicted octanol–water partition coefficient (Wildman–Crippen LogP) is 3.03. The molecule has 0 bridgehead atoms. The molecule has 0 aromatic carbocycles. The van der Waals surface area contributed by atoms with Crippen molar-refractivity contribution in [3.8, 4) is 0 Å². The number of nitrogens with zero attached hydrogens (tertiary/aromatic N) is 2. The van der Waals surface area contributed by atoms with Crippen molar-refractivity contribution in [3.05, 3.63) is 10.4 Å². The first kappa shape index (κ1) is 19.6. The molecule has 1 aromatic rings. The van der Waals surface area contributed by atoms with E-state index in [1.807, 2.05) is 26.2 Å². The lowest BCUT2D eigenvalue weighted by molar-refractivity contribution is 0.0198. The molecule has 2 saturated heterocycles. The quantitative estimate of drug-likeness (QED) is 0.739. The van der Waals surface area contributed by atoms with E-state index in [9.17, 15) is 4.79 Å². The van der Waals surface area contributed by atoms with Crippen LogP contribution in [0.5, 0.6) is 0 Å². The van der Waals surface area contributed by atoms with Crippen LogP contribution in [0.15, 0.2) is 5.38 Å². The fraction of sp³-hybridized carbons (Fsp3) is 0.778. The van der Waals surface area contributed by atoms with Crippen LogP contribution in [0.25, 0.3) is 0 Å². The molecule has 1 amide bonds. The van der Waals surface area contributed by atoms with Crippen molar-refractivity contribution in [1.29, 1.82) is 0 Å². The third kappa shape index (κ3) is 4.99. The second kappa shape index (κ2) is 7.48. The first-order valence-corrected chi connectivity index (χ1v) is 10.2. The minimum atomic E-state index is -0.470. The van der Waals surface area contributed by atoms with Crippen molar-refractivity contribution < 1.29 is 18.8 Å². The van der Waals surface area contributed by atoms with Crippen molar-refractivity contribution in [1.82, 2.24) is 9.88 Å². The second-order valence-corrected chi connectivity index (χ2v) is 9.88. The third-order valence-corrected chi connectivity index (χ3v) is 5.48. The van der Waals surface area contributed by atoms with Gasteiger partial charge in [0.05, 0.1) is 10.6 Å². The SMILES string of the molecule is CC1(C)COB(c2csc(C3CCCN(C(=O)OC(C)(C)C)C3)n2)OC1. The van der Waals surface area contributed by atoms with Crippen LogP contribution in [-0.4, -0.2) is 55.0 Å². The molecular weight excluding hydrogens is 351 g/mol. The van der Waals surface area contributed by atoms with Gasteiger partial charge in [0, 0.05) is 43.0 Å². The molecule has 0 aliphatic carbocycles. The van der Waals surface area contributed by atoms with Crippen molar-refractivity contribution in [2.24, 2.45) is 5.41 Å². The van der Waals surface area contributed by atoms with Gasteiger partial charge < -0.3 is 18.9 Å². The highest BCUT2D eigenvalue weighted by atomic mass is 32.1. The van der Waals surface area contributed by atoms with E-state index in [1.165, 1.54) is 0 Å². The second-order valence-electron chi connectivity index (χ2n) is 8.99. The summed E-state index contributed by atoms with van der Waals surface area (Å²) in [7, 11) is -0.376. The molecule has 1 atom stereocenters. The van der Waals surface area contributed by atoms with Crippen LogP contribution in [0.3, 0.4) is 0 Å². The van der Waals surface area contributed by atoms with Gasteiger partial charge in [-0.3, -0.25) is 0 Å². The number of rotatable bonds is 2. The molecule has 26 heavy (non-hydrogen) atoms. The van der Waals surface area contributed by atoms with E-state index in [2.05, 4.69) is 13.8 Å². The minimum absolute atomic E-state index is 0.0483. The van der Waals surface area contributed by atoms with Gasteiger partial charge in [0.15, 0.2) is 0 Å². The number of piperidine rings is 1. The van der Waals surface area contributed by atoms with E-state index in [4.69, 9.17) is 19.0 Å². The Kier molecular flexibility index (Phi) is 5.65. The topological polar surface area (TPSA) is 60.9 Å². The van der Waals surface area contributed by atoms with Crippen molar-refractivity contribution in [2.75, 3.05) is 26.3 Å². The van der Waals surface area contributed by atoms with Crippen LogP contribution >= 0.6 is 11.3 Å². The maximum Gasteiger partial charge on any atom is 0.514 e. The van der Waals surface area contributed by atoms with Gasteiger partial charge in [0.1, 0.15) is 5.60 Å². The lowest BCUT2D eigenvalue weighted by Gasteiger charge is -2.33. The van der Waals surface area contributed by atoms with Gasteiger partial charge in [0.25, 0.3) is 0 Å². The normalized spacial score (nSPS) is 23.8. The number of ether oxygens (including phenoxy) is 1. The summed E-state index contributed by atoms with van der Waals surface area (Å²) in [6.07, 6.45) is 1.76. The smallest absolute Gasteiger partial charge is 0.444 e. The first-order chi connectivity index (χ1) is 12.1. The van der Waals surface area contributed by atoms with Crippen LogP contribution in [0.1, 0.15) is 58.4 Å². The molecule has 2 aliphatic rings. The molecule has 1 aromatic heterocycles. The predicted molar refractivity (Wildman–Crippen MR) is 103 cm³/mol. The molecule has 0 radical (unpaired) electrons. The summed E-state index contributed by atoms with van der Waals surface area (Å²) >= 11 is 1.63. The van der Waals surface area contributed by atoms with Gasteiger partial charge in [-0.2, -0.15) is 0 Å². The molecule has 144 valence electrons. The molecular formula is C18H29BN2O4S. The molecule has 3 heterocycles. The highest BCUT2D eigenvalue weighted by Crippen LogP contribution is 2.29. The Labute approximate surface area is 160 Å². The van der Waals surface area contributed by atoms with E-state index < -0.39 is 5.60 Å². The Balaban J connectivity index is 1.61. The molecule has 0 saturated carbocycles. The summed E-state index contributed by atoms with van der Waals surface area (Å²) in [4.78, 5) is 18.9. The Bertz CT molecular complexity index is 633. The monoisotopic (exact) mass is 380 g/mol. The number of aromatic nitrogens is 1. The van der Waals surface area contributed by atoms with Gasteiger partial charge in [-0.05, 0) is 33.6 Å². The highest BCUT2D eigenvalue weighted by molar-refractivity contribution is 7.10. The number of hydrogen-bond acceptors (Lipinski definition) is 6. The molecule has 0 N–H and O–H groups in total. The molecule has 2 aliphatic heterocycles. The lowest BCUT2D eigenvalue weighted by Crippen LogP contribution is -2.48. The summed E-state index contributed by atoms with van der Waals surface area (Å²) in [5.74, 6) is 0.245. The zero-order valence-corrected chi connectivity index (χ0v) is 17.2. The Morgan fingerprint density at radius 2 is 2.08 bits per heavy atom. The summed E-state index contributed by atoms with van der Waals surface area (Å²) in [6.45, 7) is 12.7. The Hall–Kier alpha value is -1.12. The molecule has 8 heteroatoms. The van der Waals surface area contributed by atoms with E-state index in [1.54, 1.807) is 16.2 Å². The lowest BCUT2D eigenvalue weighted by atomic mass is 9.81. The van der Waals surface area contributed by atoms with Crippen molar-refractivity contribution in [2.45, 2.75) is 59.0 Å². The fourth-order valence-corrected chi connectivity index (χ4v) is 4.08. The standard InChI is InChI=1S/C18H29BN2O4S/c1-17(2,3)25-16(22)21-8-6-7-13(9-21)15-20-14(10-26-15)19-23-11-18(4,5)12-24-19/h10,13H,6-9,11-12H2,1-5H3. The summed E-state index contributed by atoms with van der Waals surface area (Å²) in [6, 6.07) is 0. The number of carbonyl (C=O) groups is 1.